The van der Waals surface area contributed by atoms with Gasteiger partial charge >= 0.3 is 0 Å². The predicted octanol–water partition coefficient (Wildman–Crippen LogP) is 2.14. The summed E-state index contributed by atoms with van der Waals surface area (Å²) >= 11 is 0. The Hall–Kier alpha value is -0.820. The van der Waals surface area contributed by atoms with Crippen molar-refractivity contribution in [3.63, 3.8) is 0 Å². The molecule has 0 radical (unpaired) electrons. The summed E-state index contributed by atoms with van der Waals surface area (Å²) in [6.07, 6.45) is 0. The van der Waals surface area contributed by atoms with Gasteiger partial charge < -0.3 is 5.73 Å². The minimum atomic E-state index is 0.234. The van der Waals surface area contributed by atoms with Gasteiger partial charge in [-0.1, -0.05) is 37.3 Å². The summed E-state index contributed by atoms with van der Waals surface area (Å²) in [6.45, 7) is 4.19. The van der Waals surface area contributed by atoms with Crippen molar-refractivity contribution < 1.29 is 0 Å². The van der Waals surface area contributed by atoms with E-state index < -0.39 is 0 Å². The van der Waals surface area contributed by atoms with E-state index in [1.807, 2.05) is 25.1 Å². The van der Waals surface area contributed by atoms with Crippen molar-refractivity contribution in [1.82, 2.24) is 0 Å². The zero-order valence-electron chi connectivity index (χ0n) is 7.12. The zero-order chi connectivity index (χ0) is 8.27. The molecule has 1 rings (SSSR count). The van der Waals surface area contributed by atoms with Crippen LogP contribution in [-0.2, 0) is 0 Å². The van der Waals surface area contributed by atoms with Crippen molar-refractivity contribution in [2.24, 2.45) is 5.73 Å². The van der Waals surface area contributed by atoms with Crippen LogP contribution in [0.2, 0.25) is 0 Å². The van der Waals surface area contributed by atoms with Gasteiger partial charge in [-0.15, -0.1) is 0 Å². The molecule has 1 nitrogen and oxygen atoms in total. The first kappa shape index (κ1) is 8.28. The fourth-order valence-corrected chi connectivity index (χ4v) is 1.06. The molecule has 0 spiro atoms. The van der Waals surface area contributed by atoms with Crippen molar-refractivity contribution in [3.8, 4) is 0 Å². The lowest BCUT2D eigenvalue weighted by molar-refractivity contribution is 0.613. The minimum absolute atomic E-state index is 0.234. The largest absolute Gasteiger partial charge is 0.327 e. The highest BCUT2D eigenvalue weighted by atomic mass is 14.6. The highest BCUT2D eigenvalue weighted by Crippen LogP contribution is 2.16. The molecule has 2 atom stereocenters. The van der Waals surface area contributed by atoms with Gasteiger partial charge in [0.2, 0.25) is 0 Å². The van der Waals surface area contributed by atoms with Crippen molar-refractivity contribution in [3.05, 3.63) is 35.9 Å². The molecule has 1 aromatic rings. The summed E-state index contributed by atoms with van der Waals surface area (Å²) in [5.41, 5.74) is 7.09. The second kappa shape index (κ2) is 3.54. The third-order valence-electron chi connectivity index (χ3n) is 2.11. The van der Waals surface area contributed by atoms with E-state index in [4.69, 9.17) is 5.73 Å². The summed E-state index contributed by atoms with van der Waals surface area (Å²) in [5, 5.41) is 0. The molecule has 2 N–H and O–H groups in total. The van der Waals surface area contributed by atoms with Crippen LogP contribution in [-0.4, -0.2) is 6.04 Å². The first-order valence-electron chi connectivity index (χ1n) is 4.02. The average Bonchev–Trinajstić information content (AvgIpc) is 2.05. The van der Waals surface area contributed by atoms with E-state index in [1.54, 1.807) is 0 Å². The SMILES string of the molecule is CC(c1ccccc1)[C@@H](C)N. The van der Waals surface area contributed by atoms with Crippen LogP contribution >= 0.6 is 0 Å². The second-order valence-corrected chi connectivity index (χ2v) is 3.06. The van der Waals surface area contributed by atoms with Gasteiger partial charge in [0.1, 0.15) is 0 Å². The van der Waals surface area contributed by atoms with Gasteiger partial charge in [-0.05, 0) is 18.4 Å². The molecule has 60 valence electrons. The maximum atomic E-state index is 5.77. The fraction of sp³-hybridized carbons (Fsp3) is 0.400. The molecule has 11 heavy (non-hydrogen) atoms. The highest BCUT2D eigenvalue weighted by molar-refractivity contribution is 5.19. The number of hydrogen-bond acceptors (Lipinski definition) is 1. The van der Waals surface area contributed by atoms with Gasteiger partial charge in [-0.3, -0.25) is 0 Å². The number of hydrogen-bond donors (Lipinski definition) is 1. The molecule has 0 aliphatic rings. The van der Waals surface area contributed by atoms with E-state index in [2.05, 4.69) is 19.1 Å². The number of nitrogens with two attached hydrogens (primary N) is 1. The molecule has 0 aromatic heterocycles. The van der Waals surface area contributed by atoms with Crippen LogP contribution < -0.4 is 5.73 Å². The predicted molar refractivity (Wildman–Crippen MR) is 48.5 cm³/mol. The average molecular weight is 149 g/mol. The third-order valence-corrected chi connectivity index (χ3v) is 2.11. The van der Waals surface area contributed by atoms with Gasteiger partial charge in [-0.25, -0.2) is 0 Å². The van der Waals surface area contributed by atoms with Crippen LogP contribution in [0.1, 0.15) is 25.3 Å². The first-order chi connectivity index (χ1) is 5.22. The molecule has 0 saturated carbocycles. The molecule has 0 bridgehead atoms. The lowest BCUT2D eigenvalue weighted by Gasteiger charge is -2.15. The van der Waals surface area contributed by atoms with Crippen molar-refractivity contribution in [2.75, 3.05) is 0 Å². The summed E-state index contributed by atoms with van der Waals surface area (Å²) in [5.74, 6) is 0.455. The maximum Gasteiger partial charge on any atom is 0.00766 e. The number of benzene rings is 1. The Labute approximate surface area is 68.2 Å². The molecule has 0 aliphatic carbocycles. The Morgan fingerprint density at radius 3 is 2.09 bits per heavy atom. The molecule has 1 aromatic carbocycles. The van der Waals surface area contributed by atoms with Crippen LogP contribution in [0.15, 0.2) is 30.3 Å². The first-order valence-corrected chi connectivity index (χ1v) is 4.02. The van der Waals surface area contributed by atoms with Gasteiger partial charge in [0.15, 0.2) is 0 Å². The molecule has 0 saturated heterocycles. The third kappa shape index (κ3) is 2.05. The normalized spacial score (nSPS) is 15.9. The van der Waals surface area contributed by atoms with Crippen molar-refractivity contribution in [1.29, 1.82) is 0 Å². The molecule has 1 heteroatoms. The van der Waals surface area contributed by atoms with Crippen LogP contribution in [0.25, 0.3) is 0 Å². The Kier molecular flexibility index (Phi) is 2.66. The summed E-state index contributed by atoms with van der Waals surface area (Å²) in [4.78, 5) is 0. The van der Waals surface area contributed by atoms with Crippen LogP contribution in [0.5, 0.6) is 0 Å². The lowest BCUT2D eigenvalue weighted by Crippen LogP contribution is -2.22. The summed E-state index contributed by atoms with van der Waals surface area (Å²) in [6, 6.07) is 10.6. The van der Waals surface area contributed by atoms with E-state index in [1.165, 1.54) is 5.56 Å². The molecular formula is C10H15N. The molecule has 0 fully saturated rings. The van der Waals surface area contributed by atoms with Gasteiger partial charge in [0.25, 0.3) is 0 Å². The zero-order valence-corrected chi connectivity index (χ0v) is 7.12. The summed E-state index contributed by atoms with van der Waals surface area (Å²) < 4.78 is 0. The smallest absolute Gasteiger partial charge is 0.00766 e. The molecular weight excluding hydrogens is 134 g/mol. The van der Waals surface area contributed by atoms with Crippen LogP contribution in [0, 0.1) is 0 Å². The molecule has 0 aliphatic heterocycles. The minimum Gasteiger partial charge on any atom is -0.327 e. The van der Waals surface area contributed by atoms with Crippen LogP contribution in [0.4, 0.5) is 0 Å². The Balaban J connectivity index is 2.77. The second-order valence-electron chi connectivity index (χ2n) is 3.06. The van der Waals surface area contributed by atoms with Crippen molar-refractivity contribution >= 4 is 0 Å². The lowest BCUT2D eigenvalue weighted by atomic mass is 9.95. The van der Waals surface area contributed by atoms with E-state index in [9.17, 15) is 0 Å². The highest BCUT2D eigenvalue weighted by Gasteiger charge is 2.08. The quantitative estimate of drug-likeness (QED) is 0.685. The van der Waals surface area contributed by atoms with Gasteiger partial charge in [0, 0.05) is 6.04 Å². The van der Waals surface area contributed by atoms with Gasteiger partial charge in [0.05, 0.1) is 0 Å². The molecule has 0 heterocycles. The monoisotopic (exact) mass is 149 g/mol. The summed E-state index contributed by atoms with van der Waals surface area (Å²) in [7, 11) is 0. The topological polar surface area (TPSA) is 26.0 Å². The molecule has 1 unspecified atom stereocenters. The van der Waals surface area contributed by atoms with Gasteiger partial charge in [-0.2, -0.15) is 0 Å². The fourth-order valence-electron chi connectivity index (χ4n) is 1.06. The van der Waals surface area contributed by atoms with Crippen molar-refractivity contribution in [2.45, 2.75) is 25.8 Å². The van der Waals surface area contributed by atoms with Crippen LogP contribution in [0.3, 0.4) is 0 Å². The van der Waals surface area contributed by atoms with E-state index >= 15 is 0 Å². The Bertz CT molecular complexity index is 203. The maximum absolute atomic E-state index is 5.77. The standard InChI is InChI=1S/C10H15N/c1-8(9(2)11)10-6-4-3-5-7-10/h3-9H,11H2,1-2H3/t8?,9-/m1/s1. The van der Waals surface area contributed by atoms with E-state index in [-0.39, 0.29) is 6.04 Å². The Morgan fingerprint density at radius 2 is 1.64 bits per heavy atom. The van der Waals surface area contributed by atoms with E-state index in [0.717, 1.165) is 0 Å². The Morgan fingerprint density at radius 1 is 1.09 bits per heavy atom. The van der Waals surface area contributed by atoms with E-state index in [0.29, 0.717) is 5.92 Å². The number of rotatable bonds is 2. The molecule has 0 amide bonds.